The molecule has 0 amide bonds. The van der Waals surface area contributed by atoms with E-state index in [1.54, 1.807) is 10.8 Å². The third kappa shape index (κ3) is 6.56. The Labute approximate surface area is 277 Å². The second-order valence-electron chi connectivity index (χ2n) is 16.0. The fourth-order valence-corrected chi connectivity index (χ4v) is 10.3. The van der Waals surface area contributed by atoms with E-state index < -0.39 is 11.7 Å². The summed E-state index contributed by atoms with van der Waals surface area (Å²) in [5.74, 6) is 1.99. The maximum atomic E-state index is 14.5. The molecule has 3 saturated carbocycles. The molecule has 3 aliphatic carbocycles. The van der Waals surface area contributed by atoms with Crippen LogP contribution in [0.3, 0.4) is 0 Å². The van der Waals surface area contributed by atoms with Crippen LogP contribution >= 0.6 is 0 Å². The van der Waals surface area contributed by atoms with Crippen LogP contribution in [0.15, 0.2) is 23.3 Å². The number of hydrogen-bond donors (Lipinski definition) is 3. The molecule has 5 aliphatic rings. The average molecular weight is 661 g/mol. The molecule has 5 fully saturated rings. The van der Waals surface area contributed by atoms with Crippen molar-refractivity contribution in [2.45, 2.75) is 127 Å². The number of likely N-dealkylation sites (tertiary alicyclic amines) is 1. The lowest BCUT2D eigenvalue weighted by Gasteiger charge is -2.49. The quantitative estimate of drug-likeness (QED) is 0.332. The molecule has 11 heteroatoms. The maximum absolute atomic E-state index is 14.5. The van der Waals surface area contributed by atoms with E-state index in [-0.39, 0.29) is 35.7 Å². The first kappa shape index (κ1) is 33.6. The minimum absolute atomic E-state index is 0.0431. The first-order valence-electron chi connectivity index (χ1n) is 18.5. The number of alkyl halides is 3. The molecular weight excluding hydrogens is 605 g/mol. The molecule has 7 rings (SSSR count). The van der Waals surface area contributed by atoms with Gasteiger partial charge in [-0.2, -0.15) is 13.2 Å². The summed E-state index contributed by atoms with van der Waals surface area (Å²) in [6, 6.07) is 1.13. The van der Waals surface area contributed by atoms with Crippen molar-refractivity contribution in [3.63, 3.8) is 0 Å². The van der Waals surface area contributed by atoms with E-state index in [2.05, 4.69) is 34.6 Å². The molecule has 2 aromatic rings. The molecule has 47 heavy (non-hydrogen) atoms. The van der Waals surface area contributed by atoms with Gasteiger partial charge in [-0.3, -0.25) is 18.8 Å². The zero-order valence-electron chi connectivity index (χ0n) is 28.3. The van der Waals surface area contributed by atoms with Crippen LogP contribution in [0.25, 0.3) is 5.52 Å². The summed E-state index contributed by atoms with van der Waals surface area (Å²) in [7, 11) is 2.25. The van der Waals surface area contributed by atoms with E-state index in [0.29, 0.717) is 41.7 Å². The molecule has 2 aliphatic heterocycles. The topological polar surface area (TPSA) is 77.2 Å². The van der Waals surface area contributed by atoms with Crippen LogP contribution in [0, 0.1) is 29.6 Å². The Morgan fingerprint density at radius 3 is 2.47 bits per heavy atom. The number of aliphatic hydroxyl groups is 1. The molecular formula is C36H55F3N6O2. The van der Waals surface area contributed by atoms with Crippen LogP contribution in [0.2, 0.25) is 0 Å². The Morgan fingerprint density at radius 2 is 1.77 bits per heavy atom. The molecule has 8 nitrogen and oxygen atoms in total. The number of rotatable bonds is 7. The van der Waals surface area contributed by atoms with Crippen molar-refractivity contribution in [3.05, 3.63) is 40.1 Å². The Morgan fingerprint density at radius 1 is 1.00 bits per heavy atom. The number of hydrazine groups is 1. The normalized spacial score (nSPS) is 33.2. The fourth-order valence-electron chi connectivity index (χ4n) is 10.3. The van der Waals surface area contributed by atoms with E-state index in [9.17, 15) is 23.1 Å². The van der Waals surface area contributed by atoms with Gasteiger partial charge >= 0.3 is 11.9 Å². The Kier molecular flexibility index (Phi) is 9.58. The monoisotopic (exact) mass is 660 g/mol. The molecule has 0 bridgehead atoms. The third-order valence-corrected chi connectivity index (χ3v) is 12.8. The molecule has 2 saturated heterocycles. The number of pyridine rings is 1. The lowest BCUT2D eigenvalue weighted by molar-refractivity contribution is -0.136. The highest BCUT2D eigenvalue weighted by Crippen LogP contribution is 2.50. The van der Waals surface area contributed by atoms with Gasteiger partial charge in [0.05, 0.1) is 22.9 Å². The van der Waals surface area contributed by atoms with Gasteiger partial charge in [0.15, 0.2) is 0 Å². The number of nitrogens with zero attached hydrogens (tertiary/aromatic N) is 4. The highest BCUT2D eigenvalue weighted by molar-refractivity contribution is 5.56. The minimum atomic E-state index is -4.55. The van der Waals surface area contributed by atoms with Crippen molar-refractivity contribution < 1.29 is 18.3 Å². The molecule has 3 N–H and O–H groups in total. The smallest absolute Gasteiger partial charge is 0.396 e. The largest absolute Gasteiger partial charge is 0.418 e. The molecule has 3 unspecified atom stereocenters. The van der Waals surface area contributed by atoms with Gasteiger partial charge < -0.3 is 5.11 Å². The lowest BCUT2D eigenvalue weighted by atomic mass is 9.61. The van der Waals surface area contributed by atoms with Gasteiger partial charge in [-0.25, -0.2) is 15.6 Å². The van der Waals surface area contributed by atoms with Gasteiger partial charge in [0.2, 0.25) is 0 Å². The first-order chi connectivity index (χ1) is 22.6. The number of fused-ring (bicyclic) bond motifs is 1. The van der Waals surface area contributed by atoms with E-state index in [1.165, 1.54) is 42.3 Å². The van der Waals surface area contributed by atoms with Gasteiger partial charge in [0, 0.05) is 38.1 Å². The Hall–Kier alpha value is -1.92. The first-order valence-corrected chi connectivity index (χ1v) is 18.5. The van der Waals surface area contributed by atoms with Crippen LogP contribution < -0.4 is 16.5 Å². The van der Waals surface area contributed by atoms with Gasteiger partial charge in [0.25, 0.3) is 0 Å². The van der Waals surface area contributed by atoms with Gasteiger partial charge in [-0.15, -0.1) is 0 Å². The minimum Gasteiger partial charge on any atom is -0.396 e. The number of imidazole rings is 1. The number of hydrogen-bond acceptors (Lipinski definition) is 6. The van der Waals surface area contributed by atoms with Crippen LogP contribution in [0.1, 0.15) is 114 Å². The highest BCUT2D eigenvalue weighted by Gasteiger charge is 2.52. The molecule has 0 radical (unpaired) electrons. The molecule has 1 spiro atoms. The van der Waals surface area contributed by atoms with E-state index in [0.717, 1.165) is 77.3 Å². The number of nitrogens with one attached hydrogen (secondary N) is 2. The summed E-state index contributed by atoms with van der Waals surface area (Å²) in [4.78, 5) is 18.8. The van der Waals surface area contributed by atoms with Crippen LogP contribution in [-0.4, -0.2) is 62.4 Å². The van der Waals surface area contributed by atoms with Crippen molar-refractivity contribution in [1.82, 2.24) is 29.6 Å². The number of aromatic nitrogens is 2. The molecule has 2 aromatic heterocycles. The number of halogens is 3. The zero-order chi connectivity index (χ0) is 32.9. The van der Waals surface area contributed by atoms with Gasteiger partial charge in [-0.05, 0) is 113 Å². The van der Waals surface area contributed by atoms with Crippen LogP contribution in [0.5, 0.6) is 0 Å². The summed E-state index contributed by atoms with van der Waals surface area (Å²) >= 11 is 0. The summed E-state index contributed by atoms with van der Waals surface area (Å²) in [5.41, 5.74) is 6.85. The second-order valence-corrected chi connectivity index (χ2v) is 16.0. The predicted molar refractivity (Wildman–Crippen MR) is 176 cm³/mol. The van der Waals surface area contributed by atoms with Crippen molar-refractivity contribution in [2.24, 2.45) is 29.6 Å². The molecule has 0 aromatic carbocycles. The molecule has 5 atom stereocenters. The fraction of sp³-hybridized carbons (Fsp3) is 0.806. The van der Waals surface area contributed by atoms with Crippen molar-refractivity contribution in [1.29, 1.82) is 0 Å². The maximum Gasteiger partial charge on any atom is 0.418 e. The lowest BCUT2D eigenvalue weighted by Crippen LogP contribution is -2.54. The summed E-state index contributed by atoms with van der Waals surface area (Å²) in [5, 5.41) is 9.87. The van der Waals surface area contributed by atoms with Crippen molar-refractivity contribution in [2.75, 3.05) is 26.7 Å². The van der Waals surface area contributed by atoms with Gasteiger partial charge in [-0.1, -0.05) is 39.0 Å². The number of piperidine rings is 1. The molecule has 262 valence electrons. The zero-order valence-corrected chi connectivity index (χ0v) is 28.3. The summed E-state index contributed by atoms with van der Waals surface area (Å²) in [6.45, 7) is 4.56. The average Bonchev–Trinajstić information content (AvgIpc) is 3.38. The Bertz CT molecular complexity index is 1440. The van der Waals surface area contributed by atoms with Gasteiger partial charge in [0.1, 0.15) is 0 Å². The highest BCUT2D eigenvalue weighted by atomic mass is 19.4. The van der Waals surface area contributed by atoms with E-state index in [1.807, 2.05) is 0 Å². The Balaban J connectivity index is 1.17. The third-order valence-electron chi connectivity index (χ3n) is 12.8. The van der Waals surface area contributed by atoms with Crippen molar-refractivity contribution in [3.8, 4) is 0 Å². The standard InChI is InChI=1S/C36H55F3N6O2/c1-24-9-8-14-43(19-24)20-26-17-30(36(37,38)39)31-22-44(34(47)45(31)21-26)29-11-7-10-27(18-29)32(28-15-25(16-28)23-46)33-40-41-35(42(33)2)12-5-3-4-6-13-35/h17,21-22,24-25,27-29,32-33,40-41,46H,3-16,18-20,23H2,1-2H3/t24-,25-,27?,28-,29?,32+,33?/m0/s1. The van der Waals surface area contributed by atoms with E-state index in [4.69, 9.17) is 0 Å². The SMILES string of the molecule is C[C@H]1CCCN(Cc2cc(C(F)(F)F)c3cn(C4CCCC([C@@H](C5NNC6(CCCCCC6)N5C)[C@H]5C[C@H](CO)C5)C4)c(=O)n3c2)C1. The van der Waals surface area contributed by atoms with E-state index >= 15 is 0 Å². The number of aliphatic hydroxyl groups excluding tert-OH is 1. The summed E-state index contributed by atoms with van der Waals surface area (Å²) < 4.78 is 46.4. The van der Waals surface area contributed by atoms with Crippen LogP contribution in [0.4, 0.5) is 13.2 Å². The second kappa shape index (κ2) is 13.4. The predicted octanol–water partition coefficient (Wildman–Crippen LogP) is 6.13. The van der Waals surface area contributed by atoms with Crippen LogP contribution in [-0.2, 0) is 12.7 Å². The molecule has 4 heterocycles. The summed E-state index contributed by atoms with van der Waals surface area (Å²) in [6.07, 6.45) is 13.7. The van der Waals surface area contributed by atoms with Crippen molar-refractivity contribution >= 4 is 5.52 Å².